The van der Waals surface area contributed by atoms with Crippen molar-refractivity contribution < 1.29 is 23.7 Å². The Morgan fingerprint density at radius 3 is 1.95 bits per heavy atom. The summed E-state index contributed by atoms with van der Waals surface area (Å²) in [6, 6.07) is 0. The van der Waals surface area contributed by atoms with Gasteiger partial charge in [-0.1, -0.05) is 0 Å². The summed E-state index contributed by atoms with van der Waals surface area (Å²) in [4.78, 5) is 0. The fourth-order valence-corrected chi connectivity index (χ4v) is 2.25. The third-order valence-electron chi connectivity index (χ3n) is 2.59. The van der Waals surface area contributed by atoms with Crippen LogP contribution in [-0.4, -0.2) is 34.2 Å². The van der Waals surface area contributed by atoms with Gasteiger partial charge in [-0.05, 0) is 36.7 Å². The van der Waals surface area contributed by atoms with Crippen LogP contribution in [0.15, 0.2) is 4.47 Å². The molecule has 0 heterocycles. The van der Waals surface area contributed by atoms with Crippen LogP contribution in [0.2, 0.25) is 0 Å². The second-order valence-corrected chi connectivity index (χ2v) is 4.67. The lowest BCUT2D eigenvalue weighted by Crippen LogP contribution is -2.07. The van der Waals surface area contributed by atoms with Crippen LogP contribution in [0.4, 0.5) is 0 Å². The van der Waals surface area contributed by atoms with Crippen LogP contribution in [0.3, 0.4) is 0 Å². The summed E-state index contributed by atoms with van der Waals surface area (Å²) in [7, 11) is 3.14. The molecule has 114 valence electrons. The van der Waals surface area contributed by atoms with Crippen molar-refractivity contribution in [3.05, 3.63) is 10.0 Å². The van der Waals surface area contributed by atoms with Crippen molar-refractivity contribution in [2.75, 3.05) is 34.2 Å². The fraction of sp³-hybridized carbons (Fsp3) is 0.571. The molecule has 0 fully saturated rings. The van der Waals surface area contributed by atoms with Crippen molar-refractivity contribution in [3.63, 3.8) is 0 Å². The molecule has 0 amide bonds. The molecule has 0 bridgehead atoms. The molecule has 1 aromatic rings. The van der Waals surface area contributed by atoms with E-state index in [2.05, 4.69) is 15.9 Å². The molecule has 0 atom stereocenters. The molecule has 0 saturated carbocycles. The van der Waals surface area contributed by atoms with Crippen molar-refractivity contribution in [2.45, 2.75) is 20.8 Å². The smallest absolute Gasteiger partial charge is 0.208 e. The first-order valence-electron chi connectivity index (χ1n) is 6.39. The van der Waals surface area contributed by atoms with Crippen LogP contribution in [0, 0.1) is 6.92 Å². The fourth-order valence-electron chi connectivity index (χ4n) is 1.77. The number of methoxy groups -OCH3 is 2. The number of benzene rings is 1. The Morgan fingerprint density at radius 2 is 1.45 bits per heavy atom. The molecule has 0 saturated heterocycles. The molecule has 6 heteroatoms. The Labute approximate surface area is 128 Å². The SMILES string of the molecule is CCOc1c(Br)c(C)c(OCOC)c(OCC)c1OC. The van der Waals surface area contributed by atoms with E-state index in [0.29, 0.717) is 36.2 Å². The van der Waals surface area contributed by atoms with Gasteiger partial charge in [-0.25, -0.2) is 0 Å². The van der Waals surface area contributed by atoms with E-state index in [1.165, 1.54) is 0 Å². The molecule has 0 spiro atoms. The van der Waals surface area contributed by atoms with Crippen LogP contribution in [0.5, 0.6) is 23.0 Å². The molecular formula is C14H21BrO5. The first-order valence-corrected chi connectivity index (χ1v) is 7.18. The summed E-state index contributed by atoms with van der Waals surface area (Å²) in [5.41, 5.74) is 0.870. The molecule has 20 heavy (non-hydrogen) atoms. The summed E-state index contributed by atoms with van der Waals surface area (Å²) in [6.45, 7) is 6.88. The van der Waals surface area contributed by atoms with E-state index in [0.717, 1.165) is 10.0 Å². The highest BCUT2D eigenvalue weighted by Gasteiger charge is 2.25. The van der Waals surface area contributed by atoms with Crippen LogP contribution < -0.4 is 18.9 Å². The number of halogens is 1. The van der Waals surface area contributed by atoms with Gasteiger partial charge in [-0.2, -0.15) is 0 Å². The first kappa shape index (κ1) is 16.9. The summed E-state index contributed by atoms with van der Waals surface area (Å²) < 4.78 is 28.1. The maximum absolute atomic E-state index is 5.67. The van der Waals surface area contributed by atoms with Crippen LogP contribution in [0.1, 0.15) is 19.4 Å². The maximum Gasteiger partial charge on any atom is 0.208 e. The van der Waals surface area contributed by atoms with E-state index >= 15 is 0 Å². The van der Waals surface area contributed by atoms with Gasteiger partial charge in [0.25, 0.3) is 0 Å². The molecule has 5 nitrogen and oxygen atoms in total. The van der Waals surface area contributed by atoms with E-state index in [1.54, 1.807) is 14.2 Å². The van der Waals surface area contributed by atoms with E-state index in [4.69, 9.17) is 23.7 Å². The van der Waals surface area contributed by atoms with E-state index in [9.17, 15) is 0 Å². The molecule has 0 aromatic heterocycles. The molecule has 0 aliphatic carbocycles. The molecule has 0 radical (unpaired) electrons. The van der Waals surface area contributed by atoms with Gasteiger partial charge >= 0.3 is 0 Å². The molecule has 0 unspecified atom stereocenters. The van der Waals surface area contributed by atoms with E-state index in [-0.39, 0.29) is 6.79 Å². The Balaban J connectivity index is 3.45. The number of rotatable bonds is 8. The standard InChI is InChI=1S/C14H21BrO5/c1-6-18-12-10(15)9(3)11(20-8-16-4)14(19-7-2)13(12)17-5/h6-8H2,1-5H3. The Kier molecular flexibility index (Phi) is 6.95. The highest BCUT2D eigenvalue weighted by atomic mass is 79.9. The lowest BCUT2D eigenvalue weighted by molar-refractivity contribution is 0.0477. The molecule has 1 aromatic carbocycles. The highest BCUT2D eigenvalue weighted by molar-refractivity contribution is 9.10. The van der Waals surface area contributed by atoms with Crippen LogP contribution >= 0.6 is 15.9 Å². The average molecular weight is 349 g/mol. The third-order valence-corrected chi connectivity index (χ3v) is 3.55. The quantitative estimate of drug-likeness (QED) is 0.672. The number of hydrogen-bond donors (Lipinski definition) is 0. The Hall–Kier alpha value is -1.14. The molecule has 0 aliphatic rings. The summed E-state index contributed by atoms with van der Waals surface area (Å²) >= 11 is 3.52. The second kappa shape index (κ2) is 8.21. The van der Waals surface area contributed by atoms with E-state index < -0.39 is 0 Å². The Morgan fingerprint density at radius 1 is 0.850 bits per heavy atom. The van der Waals surface area contributed by atoms with Crippen LogP contribution in [-0.2, 0) is 4.74 Å². The zero-order valence-corrected chi connectivity index (χ0v) is 14.1. The van der Waals surface area contributed by atoms with Crippen LogP contribution in [0.25, 0.3) is 0 Å². The predicted molar refractivity (Wildman–Crippen MR) is 80.3 cm³/mol. The minimum Gasteiger partial charge on any atom is -0.490 e. The van der Waals surface area contributed by atoms with Gasteiger partial charge in [0, 0.05) is 12.7 Å². The minimum atomic E-state index is 0.129. The van der Waals surface area contributed by atoms with Gasteiger partial charge in [0.15, 0.2) is 18.3 Å². The predicted octanol–water partition coefficient (Wildman–Crippen LogP) is 3.55. The molecule has 0 aliphatic heterocycles. The van der Waals surface area contributed by atoms with Crippen molar-refractivity contribution in [2.24, 2.45) is 0 Å². The normalized spacial score (nSPS) is 10.3. The number of ether oxygens (including phenoxy) is 5. The van der Waals surface area contributed by atoms with Crippen molar-refractivity contribution in [3.8, 4) is 23.0 Å². The van der Waals surface area contributed by atoms with E-state index in [1.807, 2.05) is 20.8 Å². The highest BCUT2D eigenvalue weighted by Crippen LogP contribution is 2.51. The first-order chi connectivity index (χ1) is 9.62. The van der Waals surface area contributed by atoms with Crippen molar-refractivity contribution in [1.82, 2.24) is 0 Å². The topological polar surface area (TPSA) is 46.2 Å². The zero-order valence-electron chi connectivity index (χ0n) is 12.5. The van der Waals surface area contributed by atoms with Gasteiger partial charge in [-0.15, -0.1) is 0 Å². The van der Waals surface area contributed by atoms with Crippen molar-refractivity contribution >= 4 is 15.9 Å². The monoisotopic (exact) mass is 348 g/mol. The Bertz CT molecular complexity index is 448. The second-order valence-electron chi connectivity index (χ2n) is 3.88. The summed E-state index contributed by atoms with van der Waals surface area (Å²) in [5, 5.41) is 0. The number of hydrogen-bond acceptors (Lipinski definition) is 5. The summed E-state index contributed by atoms with van der Waals surface area (Å²) in [5.74, 6) is 2.23. The van der Waals surface area contributed by atoms with Gasteiger partial charge in [-0.3, -0.25) is 0 Å². The zero-order chi connectivity index (χ0) is 15.1. The summed E-state index contributed by atoms with van der Waals surface area (Å²) in [6.07, 6.45) is 0. The third kappa shape index (κ3) is 3.49. The molecule has 1 rings (SSSR count). The van der Waals surface area contributed by atoms with Gasteiger partial charge < -0.3 is 23.7 Å². The average Bonchev–Trinajstić information content (AvgIpc) is 2.45. The largest absolute Gasteiger partial charge is 0.490 e. The lowest BCUT2D eigenvalue weighted by Gasteiger charge is -2.21. The minimum absolute atomic E-state index is 0.129. The van der Waals surface area contributed by atoms with Gasteiger partial charge in [0.1, 0.15) is 0 Å². The maximum atomic E-state index is 5.67. The lowest BCUT2D eigenvalue weighted by atomic mass is 10.1. The molecular weight excluding hydrogens is 328 g/mol. The van der Waals surface area contributed by atoms with Gasteiger partial charge in [0.2, 0.25) is 11.5 Å². The van der Waals surface area contributed by atoms with Gasteiger partial charge in [0.05, 0.1) is 24.8 Å². The molecule has 0 N–H and O–H groups in total. The van der Waals surface area contributed by atoms with Crippen molar-refractivity contribution in [1.29, 1.82) is 0 Å².